The fraction of sp³-hybridized carbons (Fsp3) is 0. The summed E-state index contributed by atoms with van der Waals surface area (Å²) in [6, 6.07) is 55.6. The van der Waals surface area contributed by atoms with Crippen LogP contribution in [0.5, 0.6) is 0 Å². The van der Waals surface area contributed by atoms with Crippen LogP contribution >= 0.6 is 0 Å². The summed E-state index contributed by atoms with van der Waals surface area (Å²) in [5.74, 6) is 0. The van der Waals surface area contributed by atoms with E-state index in [0.29, 0.717) is 16.8 Å². The summed E-state index contributed by atoms with van der Waals surface area (Å²) in [7, 11) is 0. The summed E-state index contributed by atoms with van der Waals surface area (Å²) in [6.07, 6.45) is 0. The molecule has 2 aromatic heterocycles. The maximum Gasteiger partial charge on any atom is 0.195 e. The van der Waals surface area contributed by atoms with E-state index in [1.54, 1.807) is 12.1 Å². The molecule has 5 heteroatoms. The number of nitrogens with zero attached hydrogens (tertiary/aromatic N) is 5. The third-order valence-corrected chi connectivity index (χ3v) is 9.61. The molecule has 0 aliphatic carbocycles. The van der Waals surface area contributed by atoms with Gasteiger partial charge in [-0.05, 0) is 83.4 Å². The van der Waals surface area contributed by atoms with Gasteiger partial charge >= 0.3 is 0 Å². The van der Waals surface area contributed by atoms with Gasteiger partial charge in [0.05, 0.1) is 57.6 Å². The Morgan fingerprint density at radius 3 is 1.90 bits per heavy atom. The molecular weight excluding hydrogens is 611 g/mol. The van der Waals surface area contributed by atoms with E-state index >= 15 is 0 Å². The molecule has 9 aromatic rings. The van der Waals surface area contributed by atoms with Crippen LogP contribution in [0, 0.1) is 29.2 Å². The monoisotopic (exact) mass is 635 g/mol. The van der Waals surface area contributed by atoms with Crippen molar-refractivity contribution in [1.29, 1.82) is 10.5 Å². The van der Waals surface area contributed by atoms with Crippen LogP contribution in [-0.4, -0.2) is 9.13 Å². The van der Waals surface area contributed by atoms with Crippen LogP contribution in [0.2, 0.25) is 0 Å². The highest BCUT2D eigenvalue weighted by Crippen LogP contribution is 2.41. The van der Waals surface area contributed by atoms with Crippen LogP contribution in [0.3, 0.4) is 0 Å². The number of aromatic nitrogens is 2. The first-order valence-corrected chi connectivity index (χ1v) is 16.3. The molecule has 0 spiro atoms. The second-order valence-corrected chi connectivity index (χ2v) is 12.3. The number of hydrogen-bond acceptors (Lipinski definition) is 2. The lowest BCUT2D eigenvalue weighted by molar-refractivity contribution is 1.18. The summed E-state index contributed by atoms with van der Waals surface area (Å²) < 4.78 is 4.46. The Morgan fingerprint density at radius 2 is 1.16 bits per heavy atom. The van der Waals surface area contributed by atoms with Crippen molar-refractivity contribution in [2.45, 2.75) is 0 Å². The first-order chi connectivity index (χ1) is 24.7. The van der Waals surface area contributed by atoms with E-state index in [2.05, 4.69) is 129 Å². The molecular formula is C45H25N5. The predicted octanol–water partition coefficient (Wildman–Crippen LogP) is 11.5. The van der Waals surface area contributed by atoms with E-state index in [0.717, 1.165) is 66.5 Å². The minimum absolute atomic E-state index is 0.534. The van der Waals surface area contributed by atoms with E-state index in [1.807, 2.05) is 36.4 Å². The van der Waals surface area contributed by atoms with E-state index in [4.69, 9.17) is 6.57 Å². The van der Waals surface area contributed by atoms with Crippen molar-refractivity contribution < 1.29 is 0 Å². The van der Waals surface area contributed by atoms with Crippen LogP contribution in [0.25, 0.3) is 82.1 Å². The quantitative estimate of drug-likeness (QED) is 0.181. The highest BCUT2D eigenvalue weighted by atomic mass is 15.0. The average Bonchev–Trinajstić information content (AvgIpc) is 3.70. The van der Waals surface area contributed by atoms with Gasteiger partial charge in [-0.15, -0.1) is 0 Å². The molecule has 0 radical (unpaired) electrons. The topological polar surface area (TPSA) is 61.8 Å². The molecule has 0 aliphatic rings. The summed E-state index contributed by atoms with van der Waals surface area (Å²) in [6.45, 7) is 8.09. The highest BCUT2D eigenvalue weighted by molar-refractivity contribution is 6.12. The lowest BCUT2D eigenvalue weighted by Gasteiger charge is -2.16. The Labute approximate surface area is 288 Å². The summed E-state index contributed by atoms with van der Waals surface area (Å²) in [5, 5.41) is 23.7. The zero-order valence-electron chi connectivity index (χ0n) is 26.7. The fourth-order valence-electron chi connectivity index (χ4n) is 7.45. The number of benzene rings is 7. The van der Waals surface area contributed by atoms with Gasteiger partial charge in [-0.1, -0.05) is 84.9 Å². The minimum Gasteiger partial charge on any atom is -0.309 e. The molecule has 5 nitrogen and oxygen atoms in total. The van der Waals surface area contributed by atoms with Gasteiger partial charge in [-0.2, -0.15) is 10.5 Å². The van der Waals surface area contributed by atoms with Crippen LogP contribution < -0.4 is 0 Å². The van der Waals surface area contributed by atoms with Crippen LogP contribution in [0.4, 0.5) is 5.69 Å². The normalized spacial score (nSPS) is 11.1. The molecule has 0 unspecified atom stereocenters. The number of hydrogen-bond donors (Lipinski definition) is 0. The number of nitriles is 2. The van der Waals surface area contributed by atoms with Gasteiger partial charge in [0.25, 0.3) is 0 Å². The van der Waals surface area contributed by atoms with E-state index in [1.165, 1.54) is 10.8 Å². The molecule has 0 amide bonds. The Hall–Kier alpha value is -7.39. The first kappa shape index (κ1) is 28.8. The Kier molecular flexibility index (Phi) is 6.56. The van der Waals surface area contributed by atoms with Gasteiger partial charge < -0.3 is 9.13 Å². The predicted molar refractivity (Wildman–Crippen MR) is 202 cm³/mol. The smallest absolute Gasteiger partial charge is 0.195 e. The van der Waals surface area contributed by atoms with Gasteiger partial charge in [0.2, 0.25) is 0 Å². The van der Waals surface area contributed by atoms with Crippen LogP contribution in [0.15, 0.2) is 152 Å². The van der Waals surface area contributed by atoms with Crippen molar-refractivity contribution in [3.05, 3.63) is 174 Å². The minimum atomic E-state index is 0.534. The van der Waals surface area contributed by atoms with Crippen molar-refractivity contribution in [3.63, 3.8) is 0 Å². The van der Waals surface area contributed by atoms with Gasteiger partial charge in [0.15, 0.2) is 5.69 Å². The Morgan fingerprint density at radius 1 is 0.500 bits per heavy atom. The third-order valence-electron chi connectivity index (χ3n) is 9.61. The second kappa shape index (κ2) is 11.4. The fourth-order valence-corrected chi connectivity index (χ4v) is 7.45. The molecule has 50 heavy (non-hydrogen) atoms. The number of para-hydroxylation sites is 3. The Balaban J connectivity index is 1.24. The van der Waals surface area contributed by atoms with Crippen molar-refractivity contribution in [2.75, 3.05) is 0 Å². The molecule has 0 saturated heterocycles. The zero-order valence-corrected chi connectivity index (χ0v) is 26.7. The van der Waals surface area contributed by atoms with Gasteiger partial charge in [0.1, 0.15) is 0 Å². The van der Waals surface area contributed by atoms with Crippen molar-refractivity contribution in [1.82, 2.24) is 9.13 Å². The van der Waals surface area contributed by atoms with E-state index < -0.39 is 0 Å². The standard InChI is InChI=1S/C45H25N5/c1-48-39-22-21-33(49-43-23-20-29(27-46)24-38(43)45-32(28-47)12-9-19-44(45)49)26-37(39)31-11-8-10-30(25-31)34-13-2-5-16-40(34)50-41-17-6-3-14-35(41)36-15-4-7-18-42(36)50/h2-26H. The van der Waals surface area contributed by atoms with Gasteiger partial charge in [0, 0.05) is 32.8 Å². The molecule has 0 saturated carbocycles. The summed E-state index contributed by atoms with van der Waals surface area (Å²) in [4.78, 5) is 3.93. The lowest BCUT2D eigenvalue weighted by atomic mass is 9.96. The van der Waals surface area contributed by atoms with Gasteiger partial charge in [-0.25, -0.2) is 4.85 Å². The molecule has 9 rings (SSSR count). The van der Waals surface area contributed by atoms with Crippen LogP contribution in [-0.2, 0) is 0 Å². The molecule has 230 valence electrons. The molecule has 2 heterocycles. The molecule has 0 N–H and O–H groups in total. The Bertz CT molecular complexity index is 2920. The molecule has 0 bridgehead atoms. The average molecular weight is 636 g/mol. The van der Waals surface area contributed by atoms with Crippen molar-refractivity contribution in [3.8, 4) is 45.8 Å². The van der Waals surface area contributed by atoms with Crippen LogP contribution in [0.1, 0.15) is 11.1 Å². The maximum absolute atomic E-state index is 10.0. The molecule has 7 aromatic carbocycles. The third kappa shape index (κ3) is 4.31. The lowest BCUT2D eigenvalue weighted by Crippen LogP contribution is -1.97. The maximum atomic E-state index is 10.0. The van der Waals surface area contributed by atoms with Gasteiger partial charge in [-0.3, -0.25) is 0 Å². The molecule has 0 fully saturated rings. The van der Waals surface area contributed by atoms with Crippen molar-refractivity contribution in [2.24, 2.45) is 0 Å². The summed E-state index contributed by atoms with van der Waals surface area (Å²) >= 11 is 0. The SMILES string of the molecule is [C-]#[N+]c1ccc(-n2c3ccc(C#N)cc3c3c(C#N)cccc32)cc1-c1cccc(-c2ccccc2-n2c3ccccc3c3ccccc32)c1. The largest absolute Gasteiger partial charge is 0.309 e. The summed E-state index contributed by atoms with van der Waals surface area (Å²) in [5.41, 5.74) is 11.5. The zero-order chi connectivity index (χ0) is 33.8. The number of rotatable bonds is 4. The second-order valence-electron chi connectivity index (χ2n) is 12.3. The van der Waals surface area contributed by atoms with E-state index in [-0.39, 0.29) is 0 Å². The molecule has 0 aliphatic heterocycles. The molecule has 0 atom stereocenters. The van der Waals surface area contributed by atoms with E-state index in [9.17, 15) is 10.5 Å². The van der Waals surface area contributed by atoms with Crippen molar-refractivity contribution >= 4 is 49.3 Å². The first-order valence-electron chi connectivity index (χ1n) is 16.3. The highest BCUT2D eigenvalue weighted by Gasteiger charge is 2.19. The number of fused-ring (bicyclic) bond motifs is 6.